The number of ketones is 2. The van der Waals surface area contributed by atoms with Crippen LogP contribution in [0, 0.1) is 0 Å². The van der Waals surface area contributed by atoms with Crippen LogP contribution >= 0.6 is 15.9 Å². The quantitative estimate of drug-likeness (QED) is 0.417. The van der Waals surface area contributed by atoms with Crippen LogP contribution in [0.5, 0.6) is 0 Å². The number of nitrogens with one attached hydrogen (secondary N) is 1. The van der Waals surface area contributed by atoms with E-state index >= 15 is 0 Å². The number of halogens is 1. The molecule has 0 aliphatic carbocycles. The molecule has 2 atom stereocenters. The van der Waals surface area contributed by atoms with Gasteiger partial charge in [-0.25, -0.2) is 0 Å². The molecule has 1 aromatic carbocycles. The third-order valence-corrected chi connectivity index (χ3v) is 4.67. The molecule has 1 aromatic rings. The van der Waals surface area contributed by atoms with Gasteiger partial charge in [0.25, 0.3) is 0 Å². The van der Waals surface area contributed by atoms with E-state index in [1.54, 1.807) is 6.20 Å². The molecular formula is C20H28BrNO2. The van der Waals surface area contributed by atoms with E-state index < -0.39 is 0 Å². The van der Waals surface area contributed by atoms with E-state index in [0.717, 1.165) is 23.7 Å². The highest BCUT2D eigenvalue weighted by Crippen LogP contribution is 2.24. The highest BCUT2D eigenvalue weighted by atomic mass is 79.9. The van der Waals surface area contributed by atoms with Gasteiger partial charge in [0.15, 0.2) is 5.78 Å². The Hall–Kier alpha value is -1.42. The Balaban J connectivity index is 2.53. The van der Waals surface area contributed by atoms with Crippen LogP contribution in [0.3, 0.4) is 0 Å². The monoisotopic (exact) mass is 393 g/mol. The second-order valence-electron chi connectivity index (χ2n) is 6.14. The smallest absolute Gasteiger partial charge is 0.164 e. The van der Waals surface area contributed by atoms with Crippen LogP contribution < -0.4 is 5.32 Å². The third kappa shape index (κ3) is 7.43. The number of hydrogen-bond donors (Lipinski definition) is 1. The summed E-state index contributed by atoms with van der Waals surface area (Å²) in [7, 11) is 0. The summed E-state index contributed by atoms with van der Waals surface area (Å²) in [5, 5.41) is 3.31. The Morgan fingerprint density at radius 1 is 1.29 bits per heavy atom. The fourth-order valence-corrected chi connectivity index (χ4v) is 3.04. The van der Waals surface area contributed by atoms with Crippen LogP contribution in [-0.4, -0.2) is 17.6 Å². The Morgan fingerprint density at radius 3 is 2.67 bits per heavy atom. The van der Waals surface area contributed by atoms with Gasteiger partial charge < -0.3 is 5.32 Å². The molecule has 0 fully saturated rings. The topological polar surface area (TPSA) is 46.2 Å². The first-order valence-electron chi connectivity index (χ1n) is 8.70. The minimum Gasteiger partial charge on any atom is -0.387 e. The maximum atomic E-state index is 11.8. The normalized spacial score (nSPS) is 13.7. The van der Waals surface area contributed by atoms with Gasteiger partial charge in [-0.05, 0) is 36.6 Å². The summed E-state index contributed by atoms with van der Waals surface area (Å²) >= 11 is 3.50. The first-order valence-corrected chi connectivity index (χ1v) is 9.49. The SMILES string of the molecule is CCCCC(=O)CC(=O)/C=C/NC(CC)C(C)c1cccc(Br)c1. The van der Waals surface area contributed by atoms with Crippen LogP contribution in [0.25, 0.3) is 0 Å². The van der Waals surface area contributed by atoms with Gasteiger partial charge in [-0.2, -0.15) is 0 Å². The molecule has 0 aliphatic rings. The average Bonchev–Trinajstić information content (AvgIpc) is 2.56. The molecule has 24 heavy (non-hydrogen) atoms. The van der Waals surface area contributed by atoms with E-state index in [4.69, 9.17) is 0 Å². The summed E-state index contributed by atoms with van der Waals surface area (Å²) in [6.07, 6.45) is 6.47. The lowest BCUT2D eigenvalue weighted by Crippen LogP contribution is -2.29. The molecule has 1 N–H and O–H groups in total. The van der Waals surface area contributed by atoms with Crippen molar-refractivity contribution in [3.05, 3.63) is 46.6 Å². The van der Waals surface area contributed by atoms with Gasteiger partial charge in [-0.1, -0.05) is 55.3 Å². The number of hydrogen-bond acceptors (Lipinski definition) is 3. The molecule has 0 aromatic heterocycles. The van der Waals surface area contributed by atoms with Crippen molar-refractivity contribution < 1.29 is 9.59 Å². The highest BCUT2D eigenvalue weighted by molar-refractivity contribution is 9.10. The predicted octanol–water partition coefficient (Wildman–Crippen LogP) is 5.15. The molecular weight excluding hydrogens is 366 g/mol. The summed E-state index contributed by atoms with van der Waals surface area (Å²) in [6.45, 7) is 6.33. The van der Waals surface area contributed by atoms with E-state index in [0.29, 0.717) is 12.3 Å². The zero-order valence-electron chi connectivity index (χ0n) is 14.8. The minimum atomic E-state index is -0.131. The summed E-state index contributed by atoms with van der Waals surface area (Å²) in [6, 6.07) is 8.51. The fourth-order valence-electron chi connectivity index (χ4n) is 2.62. The summed E-state index contributed by atoms with van der Waals surface area (Å²) < 4.78 is 1.07. The number of Topliss-reactive ketones (excluding diaryl/α,β-unsaturated/α-hetero) is 1. The summed E-state index contributed by atoms with van der Waals surface area (Å²) in [5.74, 6) is 0.216. The molecule has 2 unspecified atom stereocenters. The van der Waals surface area contributed by atoms with Crippen molar-refractivity contribution >= 4 is 27.5 Å². The number of unbranched alkanes of at least 4 members (excludes halogenated alkanes) is 1. The van der Waals surface area contributed by atoms with E-state index in [1.807, 2.05) is 19.1 Å². The molecule has 0 radical (unpaired) electrons. The molecule has 1 rings (SSSR count). The van der Waals surface area contributed by atoms with Crippen molar-refractivity contribution in [2.75, 3.05) is 0 Å². The first-order chi connectivity index (χ1) is 11.5. The van der Waals surface area contributed by atoms with Crippen molar-refractivity contribution in [1.29, 1.82) is 0 Å². The van der Waals surface area contributed by atoms with Gasteiger partial charge >= 0.3 is 0 Å². The Labute approximate surface area is 154 Å². The first kappa shape index (κ1) is 20.6. The van der Waals surface area contributed by atoms with E-state index in [2.05, 4.69) is 47.2 Å². The van der Waals surface area contributed by atoms with Crippen LogP contribution in [0.4, 0.5) is 0 Å². The Morgan fingerprint density at radius 2 is 2.04 bits per heavy atom. The molecule has 0 amide bonds. The van der Waals surface area contributed by atoms with Crippen LogP contribution in [0.1, 0.15) is 64.4 Å². The van der Waals surface area contributed by atoms with Crippen LogP contribution in [0.15, 0.2) is 41.0 Å². The fraction of sp³-hybridized carbons (Fsp3) is 0.500. The van der Waals surface area contributed by atoms with Crippen molar-refractivity contribution in [1.82, 2.24) is 5.32 Å². The molecule has 0 bridgehead atoms. The van der Waals surface area contributed by atoms with Crippen molar-refractivity contribution in [3.63, 3.8) is 0 Å². The molecule has 0 spiro atoms. The average molecular weight is 394 g/mol. The molecule has 0 aliphatic heterocycles. The Kier molecular flexibility index (Phi) is 9.62. The number of carbonyl (C=O) groups is 2. The third-order valence-electron chi connectivity index (χ3n) is 4.18. The lowest BCUT2D eigenvalue weighted by Gasteiger charge is -2.23. The molecule has 3 nitrogen and oxygen atoms in total. The minimum absolute atomic E-state index is 0.0101. The number of allylic oxidation sites excluding steroid dienone is 1. The maximum Gasteiger partial charge on any atom is 0.164 e. The van der Waals surface area contributed by atoms with Gasteiger partial charge in [-0.3, -0.25) is 9.59 Å². The van der Waals surface area contributed by atoms with Gasteiger partial charge in [0.05, 0.1) is 6.42 Å². The van der Waals surface area contributed by atoms with Crippen molar-refractivity contribution in [2.45, 2.75) is 64.8 Å². The van der Waals surface area contributed by atoms with E-state index in [1.165, 1.54) is 11.6 Å². The molecule has 0 heterocycles. The van der Waals surface area contributed by atoms with Gasteiger partial charge in [0, 0.05) is 29.1 Å². The van der Waals surface area contributed by atoms with Gasteiger partial charge in [0.2, 0.25) is 0 Å². The largest absolute Gasteiger partial charge is 0.387 e. The summed E-state index contributed by atoms with van der Waals surface area (Å²) in [4.78, 5) is 23.4. The highest BCUT2D eigenvalue weighted by Gasteiger charge is 2.16. The number of benzene rings is 1. The Bertz CT molecular complexity index is 569. The second-order valence-corrected chi connectivity index (χ2v) is 7.06. The molecule has 0 saturated carbocycles. The lowest BCUT2D eigenvalue weighted by molar-refractivity contribution is -0.124. The molecule has 0 saturated heterocycles. The van der Waals surface area contributed by atoms with Gasteiger partial charge in [-0.15, -0.1) is 0 Å². The molecule has 4 heteroatoms. The standard InChI is InChI=1S/C20H28BrNO2/c1-4-6-10-18(23)14-19(24)11-12-22-20(5-2)15(3)16-8-7-9-17(21)13-16/h7-9,11-13,15,20,22H,4-6,10,14H2,1-3H3/b12-11+. The predicted molar refractivity (Wildman–Crippen MR) is 103 cm³/mol. The summed E-state index contributed by atoms with van der Waals surface area (Å²) in [5.41, 5.74) is 1.25. The van der Waals surface area contributed by atoms with Crippen molar-refractivity contribution in [2.24, 2.45) is 0 Å². The van der Waals surface area contributed by atoms with Crippen molar-refractivity contribution in [3.8, 4) is 0 Å². The van der Waals surface area contributed by atoms with Gasteiger partial charge in [0.1, 0.15) is 5.78 Å². The number of rotatable bonds is 11. The zero-order valence-corrected chi connectivity index (χ0v) is 16.4. The molecule has 132 valence electrons. The van der Waals surface area contributed by atoms with E-state index in [-0.39, 0.29) is 24.0 Å². The van der Waals surface area contributed by atoms with E-state index in [9.17, 15) is 9.59 Å². The van der Waals surface area contributed by atoms with Crippen LogP contribution in [-0.2, 0) is 9.59 Å². The zero-order chi connectivity index (χ0) is 17.9. The lowest BCUT2D eigenvalue weighted by atomic mass is 9.92. The number of carbonyl (C=O) groups excluding carboxylic acids is 2. The van der Waals surface area contributed by atoms with Crippen LogP contribution in [0.2, 0.25) is 0 Å². The second kappa shape index (κ2) is 11.2. The maximum absolute atomic E-state index is 11.8.